The summed E-state index contributed by atoms with van der Waals surface area (Å²) in [5, 5.41) is 9.81. The third-order valence-electron chi connectivity index (χ3n) is 3.15. The second-order valence-corrected chi connectivity index (χ2v) is 4.54. The summed E-state index contributed by atoms with van der Waals surface area (Å²) in [7, 11) is 1.55. The van der Waals surface area contributed by atoms with E-state index in [1.807, 2.05) is 42.5 Å². The number of aliphatic hydroxyl groups is 1. The minimum absolute atomic E-state index is 0.238. The third-order valence-corrected chi connectivity index (χ3v) is 3.15. The summed E-state index contributed by atoms with van der Waals surface area (Å²) < 4.78 is 4.91. The molecule has 0 radical (unpaired) electrons. The molecule has 3 N–H and O–H groups in total. The molecule has 0 aliphatic carbocycles. The van der Waals surface area contributed by atoms with Gasteiger partial charge in [0, 0.05) is 7.11 Å². The second kappa shape index (κ2) is 6.48. The number of aliphatic hydroxyl groups excluding tert-OH is 1. The number of rotatable bonds is 5. The van der Waals surface area contributed by atoms with Crippen molar-refractivity contribution in [3.63, 3.8) is 0 Å². The summed E-state index contributed by atoms with van der Waals surface area (Å²) in [4.78, 5) is 0. The van der Waals surface area contributed by atoms with Crippen molar-refractivity contribution in [1.29, 1.82) is 0 Å². The maximum Gasteiger partial charge on any atom is 0.0965 e. The molecule has 0 spiro atoms. The third kappa shape index (κ3) is 3.41. The van der Waals surface area contributed by atoms with Crippen LogP contribution < -0.4 is 5.73 Å². The van der Waals surface area contributed by atoms with Gasteiger partial charge in [0.15, 0.2) is 0 Å². The number of hydrogen-bond donors (Lipinski definition) is 2. The lowest BCUT2D eigenvalue weighted by atomic mass is 9.99. The first-order valence-corrected chi connectivity index (χ1v) is 6.30. The van der Waals surface area contributed by atoms with Gasteiger partial charge in [0.1, 0.15) is 0 Å². The van der Waals surface area contributed by atoms with Crippen molar-refractivity contribution in [2.24, 2.45) is 5.73 Å². The van der Waals surface area contributed by atoms with Gasteiger partial charge >= 0.3 is 0 Å². The van der Waals surface area contributed by atoms with Crippen molar-refractivity contribution in [2.45, 2.75) is 12.1 Å². The lowest BCUT2D eigenvalue weighted by Crippen LogP contribution is -2.29. The van der Waals surface area contributed by atoms with E-state index in [1.165, 1.54) is 5.56 Å². The van der Waals surface area contributed by atoms with Gasteiger partial charge < -0.3 is 15.6 Å². The lowest BCUT2D eigenvalue weighted by Gasteiger charge is -2.18. The van der Waals surface area contributed by atoms with Gasteiger partial charge in [-0.05, 0) is 16.7 Å². The van der Waals surface area contributed by atoms with Crippen molar-refractivity contribution >= 4 is 0 Å². The van der Waals surface area contributed by atoms with Crippen LogP contribution in [-0.2, 0) is 4.74 Å². The van der Waals surface area contributed by atoms with Crippen LogP contribution in [0.4, 0.5) is 0 Å². The maximum atomic E-state index is 9.81. The van der Waals surface area contributed by atoms with Gasteiger partial charge in [0.2, 0.25) is 0 Å². The van der Waals surface area contributed by atoms with Crippen LogP contribution in [0.1, 0.15) is 11.6 Å². The van der Waals surface area contributed by atoms with Crippen LogP contribution in [0, 0.1) is 0 Å². The molecule has 0 saturated carbocycles. The van der Waals surface area contributed by atoms with Crippen LogP contribution in [-0.4, -0.2) is 24.9 Å². The highest BCUT2D eigenvalue weighted by Crippen LogP contribution is 2.22. The van der Waals surface area contributed by atoms with Gasteiger partial charge in [-0.1, -0.05) is 54.6 Å². The zero-order valence-electron chi connectivity index (χ0n) is 11.0. The van der Waals surface area contributed by atoms with Crippen LogP contribution >= 0.6 is 0 Å². The standard InChI is InChI=1S/C16H19NO2/c1-19-11-15(18)16(17)14-9-7-13(8-10-14)12-5-3-2-4-6-12/h2-10,15-16,18H,11,17H2,1H3/t15-,16+/m0/s1. The summed E-state index contributed by atoms with van der Waals surface area (Å²) >= 11 is 0. The average molecular weight is 257 g/mol. The SMILES string of the molecule is COC[C@H](O)[C@H](N)c1ccc(-c2ccccc2)cc1. The van der Waals surface area contributed by atoms with E-state index < -0.39 is 12.1 Å². The van der Waals surface area contributed by atoms with Gasteiger partial charge in [-0.3, -0.25) is 0 Å². The molecule has 0 aliphatic rings. The molecule has 2 atom stereocenters. The Kier molecular flexibility index (Phi) is 4.68. The molecule has 3 nitrogen and oxygen atoms in total. The van der Waals surface area contributed by atoms with Crippen molar-refractivity contribution in [2.75, 3.05) is 13.7 Å². The monoisotopic (exact) mass is 257 g/mol. The van der Waals surface area contributed by atoms with Crippen LogP contribution in [0.25, 0.3) is 11.1 Å². The maximum absolute atomic E-state index is 9.81. The summed E-state index contributed by atoms with van der Waals surface area (Å²) in [6.45, 7) is 0.238. The zero-order chi connectivity index (χ0) is 13.7. The fourth-order valence-electron chi connectivity index (χ4n) is 2.02. The van der Waals surface area contributed by atoms with Crippen LogP contribution in [0.2, 0.25) is 0 Å². The average Bonchev–Trinajstić information content (AvgIpc) is 2.48. The summed E-state index contributed by atoms with van der Waals surface area (Å²) in [5.74, 6) is 0. The molecule has 0 bridgehead atoms. The molecule has 19 heavy (non-hydrogen) atoms. The van der Waals surface area contributed by atoms with E-state index in [4.69, 9.17) is 10.5 Å². The Morgan fingerprint density at radius 3 is 2.16 bits per heavy atom. The normalized spacial score (nSPS) is 14.1. The highest BCUT2D eigenvalue weighted by atomic mass is 16.5. The van der Waals surface area contributed by atoms with Crippen molar-refractivity contribution < 1.29 is 9.84 Å². The number of nitrogens with two attached hydrogens (primary N) is 1. The van der Waals surface area contributed by atoms with Crippen LogP contribution in [0.5, 0.6) is 0 Å². The van der Waals surface area contributed by atoms with E-state index in [-0.39, 0.29) is 6.61 Å². The molecule has 0 amide bonds. The first-order chi connectivity index (χ1) is 9.22. The highest BCUT2D eigenvalue weighted by Gasteiger charge is 2.16. The predicted octanol–water partition coefficient (Wildman–Crippen LogP) is 2.36. The Bertz CT molecular complexity index is 496. The first-order valence-electron chi connectivity index (χ1n) is 6.30. The summed E-state index contributed by atoms with van der Waals surface area (Å²) in [6.07, 6.45) is -0.687. The first kappa shape index (κ1) is 13.7. The van der Waals surface area contributed by atoms with E-state index >= 15 is 0 Å². The topological polar surface area (TPSA) is 55.5 Å². The molecule has 0 aromatic heterocycles. The molecule has 0 saturated heterocycles. The second-order valence-electron chi connectivity index (χ2n) is 4.54. The molecule has 0 fully saturated rings. The number of benzene rings is 2. The Labute approximate surface area is 113 Å². The molecule has 0 unspecified atom stereocenters. The minimum atomic E-state index is -0.687. The zero-order valence-corrected chi connectivity index (χ0v) is 11.0. The van der Waals surface area contributed by atoms with Crippen LogP contribution in [0.15, 0.2) is 54.6 Å². The molecule has 2 aromatic rings. The van der Waals surface area contributed by atoms with Gasteiger partial charge in [-0.25, -0.2) is 0 Å². The lowest BCUT2D eigenvalue weighted by molar-refractivity contribution is 0.0477. The Hall–Kier alpha value is -1.68. The van der Waals surface area contributed by atoms with E-state index in [2.05, 4.69) is 12.1 Å². The largest absolute Gasteiger partial charge is 0.389 e. The number of hydrogen-bond acceptors (Lipinski definition) is 3. The van der Waals surface area contributed by atoms with E-state index in [9.17, 15) is 5.11 Å². The van der Waals surface area contributed by atoms with E-state index in [0.717, 1.165) is 11.1 Å². The molecule has 0 aliphatic heterocycles. The highest BCUT2D eigenvalue weighted by molar-refractivity contribution is 5.63. The molecule has 3 heteroatoms. The van der Waals surface area contributed by atoms with Crippen molar-refractivity contribution in [3.8, 4) is 11.1 Å². The Morgan fingerprint density at radius 1 is 1.00 bits per heavy atom. The van der Waals surface area contributed by atoms with Gasteiger partial charge in [0.05, 0.1) is 18.8 Å². The predicted molar refractivity (Wildman–Crippen MR) is 76.7 cm³/mol. The molecular weight excluding hydrogens is 238 g/mol. The van der Waals surface area contributed by atoms with Crippen molar-refractivity contribution in [3.05, 3.63) is 60.2 Å². The molecule has 100 valence electrons. The fourth-order valence-corrected chi connectivity index (χ4v) is 2.02. The van der Waals surface area contributed by atoms with Crippen LogP contribution in [0.3, 0.4) is 0 Å². The van der Waals surface area contributed by atoms with Crippen molar-refractivity contribution in [1.82, 2.24) is 0 Å². The quantitative estimate of drug-likeness (QED) is 0.864. The summed E-state index contributed by atoms with van der Waals surface area (Å²) in [6, 6.07) is 17.7. The molecule has 0 heterocycles. The van der Waals surface area contributed by atoms with Gasteiger partial charge in [-0.15, -0.1) is 0 Å². The van der Waals surface area contributed by atoms with Gasteiger partial charge in [0.25, 0.3) is 0 Å². The Morgan fingerprint density at radius 2 is 1.58 bits per heavy atom. The van der Waals surface area contributed by atoms with Gasteiger partial charge in [-0.2, -0.15) is 0 Å². The summed E-state index contributed by atoms with van der Waals surface area (Å²) in [5.41, 5.74) is 9.19. The Balaban J connectivity index is 2.15. The number of methoxy groups -OCH3 is 1. The van der Waals surface area contributed by atoms with E-state index in [1.54, 1.807) is 7.11 Å². The number of ether oxygens (including phenoxy) is 1. The minimum Gasteiger partial charge on any atom is -0.389 e. The smallest absolute Gasteiger partial charge is 0.0965 e. The molecule has 2 aromatic carbocycles. The van der Waals surface area contributed by atoms with E-state index in [0.29, 0.717) is 0 Å². The molecular formula is C16H19NO2. The molecule has 2 rings (SSSR count). The fraction of sp³-hybridized carbons (Fsp3) is 0.250.